The molecule has 1 fully saturated rings. The summed E-state index contributed by atoms with van der Waals surface area (Å²) in [5, 5.41) is 12.1. The normalized spacial score (nSPS) is 19.8. The van der Waals surface area contributed by atoms with Gasteiger partial charge in [0.05, 0.1) is 11.0 Å². The van der Waals surface area contributed by atoms with Crippen molar-refractivity contribution in [2.24, 2.45) is 0 Å². The van der Waals surface area contributed by atoms with E-state index in [0.29, 0.717) is 31.4 Å². The molecular weight excluding hydrogens is 380 g/mol. The fourth-order valence-corrected chi connectivity index (χ4v) is 4.38. The fourth-order valence-electron chi connectivity index (χ4n) is 3.08. The van der Waals surface area contributed by atoms with Gasteiger partial charge in [-0.3, -0.25) is 5.32 Å². The lowest BCUT2D eigenvalue weighted by Gasteiger charge is -2.26. The van der Waals surface area contributed by atoms with Gasteiger partial charge in [0.15, 0.2) is 0 Å². The van der Waals surface area contributed by atoms with Crippen LogP contribution in [-0.2, 0) is 21.4 Å². The Morgan fingerprint density at radius 1 is 1.00 bits per heavy atom. The highest BCUT2D eigenvalue weighted by Crippen LogP contribution is 2.21. The predicted octanol–water partition coefficient (Wildman–Crippen LogP) is 3.02. The molecule has 1 aliphatic carbocycles. The van der Waals surface area contributed by atoms with Crippen LogP contribution < -0.4 is 10.0 Å². The van der Waals surface area contributed by atoms with Crippen LogP contribution in [0.4, 0.5) is 10.5 Å². The number of aliphatic hydroxyl groups excluding tert-OH is 1. The number of carbonyl (C=O) groups excluding carboxylic acids is 1. The predicted molar refractivity (Wildman–Crippen MR) is 105 cm³/mol. The molecule has 0 aliphatic heterocycles. The van der Waals surface area contributed by atoms with Crippen LogP contribution in [0.2, 0.25) is 0 Å². The van der Waals surface area contributed by atoms with Gasteiger partial charge in [0.2, 0.25) is 10.0 Å². The molecule has 150 valence electrons. The van der Waals surface area contributed by atoms with E-state index in [1.54, 1.807) is 0 Å². The summed E-state index contributed by atoms with van der Waals surface area (Å²) in [6, 6.07) is 15.1. The molecule has 0 unspecified atom stereocenters. The molecule has 0 atom stereocenters. The van der Waals surface area contributed by atoms with Gasteiger partial charge in [-0.2, -0.15) is 0 Å². The number of rotatable bonds is 6. The van der Waals surface area contributed by atoms with Crippen molar-refractivity contribution < 1.29 is 23.1 Å². The minimum atomic E-state index is -3.64. The van der Waals surface area contributed by atoms with E-state index in [-0.39, 0.29) is 23.6 Å². The van der Waals surface area contributed by atoms with Crippen LogP contribution in [0.5, 0.6) is 0 Å². The van der Waals surface area contributed by atoms with Gasteiger partial charge in [-0.05, 0) is 55.5 Å². The second kappa shape index (κ2) is 9.18. The Bertz CT molecular complexity index is 877. The van der Waals surface area contributed by atoms with Crippen molar-refractivity contribution in [3.8, 4) is 0 Å². The number of nitrogens with one attached hydrogen (secondary N) is 2. The molecular formula is C20H24N2O5S. The Morgan fingerprint density at radius 2 is 1.64 bits per heavy atom. The van der Waals surface area contributed by atoms with E-state index >= 15 is 0 Å². The molecule has 0 heterocycles. The third kappa shape index (κ3) is 5.79. The molecule has 2 aromatic carbocycles. The van der Waals surface area contributed by atoms with E-state index in [2.05, 4.69) is 10.0 Å². The maximum absolute atomic E-state index is 12.5. The Labute approximate surface area is 164 Å². The van der Waals surface area contributed by atoms with Crippen molar-refractivity contribution in [1.82, 2.24) is 4.72 Å². The Hall–Kier alpha value is -2.42. The van der Waals surface area contributed by atoms with Crippen LogP contribution in [-0.4, -0.2) is 31.8 Å². The lowest BCUT2D eigenvalue weighted by atomic mass is 9.94. The molecule has 2 aromatic rings. The summed E-state index contributed by atoms with van der Waals surface area (Å²) in [4.78, 5) is 12.0. The van der Waals surface area contributed by atoms with Crippen LogP contribution >= 0.6 is 0 Å². The Kier molecular flexibility index (Phi) is 6.66. The zero-order chi connectivity index (χ0) is 20.0. The zero-order valence-electron chi connectivity index (χ0n) is 15.4. The molecule has 1 saturated carbocycles. The molecule has 0 saturated heterocycles. The molecule has 0 spiro atoms. The van der Waals surface area contributed by atoms with Crippen molar-refractivity contribution in [2.75, 3.05) is 5.32 Å². The SMILES string of the molecule is O=C(Nc1ccc(S(=O)(=O)NC2CCC(O)CC2)cc1)OCc1ccccc1. The van der Waals surface area contributed by atoms with Crippen LogP contribution in [0.1, 0.15) is 31.2 Å². The quantitative estimate of drug-likeness (QED) is 0.686. The largest absolute Gasteiger partial charge is 0.444 e. The van der Waals surface area contributed by atoms with Crippen molar-refractivity contribution in [3.63, 3.8) is 0 Å². The second-order valence-electron chi connectivity index (χ2n) is 6.84. The summed E-state index contributed by atoms with van der Waals surface area (Å²) >= 11 is 0. The highest BCUT2D eigenvalue weighted by molar-refractivity contribution is 7.89. The monoisotopic (exact) mass is 404 g/mol. The highest BCUT2D eigenvalue weighted by atomic mass is 32.2. The lowest BCUT2D eigenvalue weighted by Crippen LogP contribution is -2.38. The number of hydrogen-bond donors (Lipinski definition) is 3. The van der Waals surface area contributed by atoms with Crippen LogP contribution in [0.25, 0.3) is 0 Å². The molecule has 7 nitrogen and oxygen atoms in total. The topological polar surface area (TPSA) is 105 Å². The number of aliphatic hydroxyl groups is 1. The van der Waals surface area contributed by atoms with E-state index in [1.807, 2.05) is 30.3 Å². The molecule has 1 aliphatic rings. The van der Waals surface area contributed by atoms with Crippen molar-refractivity contribution in [2.45, 2.75) is 49.3 Å². The summed E-state index contributed by atoms with van der Waals surface area (Å²) in [6.45, 7) is 0.152. The van der Waals surface area contributed by atoms with Gasteiger partial charge in [-0.1, -0.05) is 30.3 Å². The summed E-state index contributed by atoms with van der Waals surface area (Å²) in [6.07, 6.45) is 1.48. The molecule has 3 rings (SSSR count). The number of carbonyl (C=O) groups is 1. The standard InChI is InChI=1S/C20H24N2O5S/c23-18-10-6-17(7-11-18)22-28(25,26)19-12-8-16(9-13-19)21-20(24)27-14-15-4-2-1-3-5-15/h1-5,8-9,12-13,17-18,22-23H,6-7,10-11,14H2,(H,21,24). The van der Waals surface area contributed by atoms with Gasteiger partial charge >= 0.3 is 6.09 Å². The Balaban J connectivity index is 1.53. The minimum absolute atomic E-state index is 0.127. The first kappa shape index (κ1) is 20.3. The maximum Gasteiger partial charge on any atom is 0.411 e. The van der Waals surface area contributed by atoms with Crippen molar-refractivity contribution in [1.29, 1.82) is 0 Å². The van der Waals surface area contributed by atoms with Crippen molar-refractivity contribution >= 4 is 21.8 Å². The average Bonchev–Trinajstić information content (AvgIpc) is 2.69. The number of sulfonamides is 1. The second-order valence-corrected chi connectivity index (χ2v) is 8.55. The lowest BCUT2D eigenvalue weighted by molar-refractivity contribution is 0.120. The number of amides is 1. The van der Waals surface area contributed by atoms with Crippen LogP contribution in [0.3, 0.4) is 0 Å². The van der Waals surface area contributed by atoms with Gasteiger partial charge in [0, 0.05) is 11.7 Å². The first-order valence-electron chi connectivity index (χ1n) is 9.20. The van der Waals surface area contributed by atoms with E-state index in [1.165, 1.54) is 24.3 Å². The molecule has 28 heavy (non-hydrogen) atoms. The molecule has 0 aromatic heterocycles. The number of ether oxygens (including phenoxy) is 1. The summed E-state index contributed by atoms with van der Waals surface area (Å²) in [5.41, 5.74) is 1.32. The van der Waals surface area contributed by atoms with Crippen molar-refractivity contribution in [3.05, 3.63) is 60.2 Å². The zero-order valence-corrected chi connectivity index (χ0v) is 16.2. The first-order chi connectivity index (χ1) is 13.4. The Morgan fingerprint density at radius 3 is 2.29 bits per heavy atom. The van der Waals surface area contributed by atoms with E-state index < -0.39 is 16.1 Å². The first-order valence-corrected chi connectivity index (χ1v) is 10.7. The van der Waals surface area contributed by atoms with Crippen LogP contribution in [0, 0.1) is 0 Å². The van der Waals surface area contributed by atoms with Gasteiger partial charge in [-0.15, -0.1) is 0 Å². The maximum atomic E-state index is 12.5. The third-order valence-corrected chi connectivity index (χ3v) is 6.18. The van der Waals surface area contributed by atoms with Gasteiger partial charge in [0.1, 0.15) is 6.61 Å². The van der Waals surface area contributed by atoms with Gasteiger partial charge in [0.25, 0.3) is 0 Å². The summed E-state index contributed by atoms with van der Waals surface area (Å²) in [7, 11) is -3.64. The minimum Gasteiger partial charge on any atom is -0.444 e. The van der Waals surface area contributed by atoms with E-state index in [9.17, 15) is 18.3 Å². The highest BCUT2D eigenvalue weighted by Gasteiger charge is 2.24. The molecule has 1 amide bonds. The number of hydrogen-bond acceptors (Lipinski definition) is 5. The average molecular weight is 404 g/mol. The summed E-state index contributed by atoms with van der Waals surface area (Å²) in [5.74, 6) is 0. The van der Waals surface area contributed by atoms with Gasteiger partial charge < -0.3 is 9.84 Å². The number of benzene rings is 2. The van der Waals surface area contributed by atoms with E-state index in [4.69, 9.17) is 4.74 Å². The van der Waals surface area contributed by atoms with E-state index in [0.717, 1.165) is 5.56 Å². The summed E-state index contributed by atoms with van der Waals surface area (Å²) < 4.78 is 32.8. The molecule has 3 N–H and O–H groups in total. The third-order valence-electron chi connectivity index (χ3n) is 4.64. The van der Waals surface area contributed by atoms with Crippen LogP contribution in [0.15, 0.2) is 59.5 Å². The molecule has 0 bridgehead atoms. The number of anilines is 1. The van der Waals surface area contributed by atoms with Gasteiger partial charge in [-0.25, -0.2) is 17.9 Å². The fraction of sp³-hybridized carbons (Fsp3) is 0.350. The molecule has 8 heteroatoms. The smallest absolute Gasteiger partial charge is 0.411 e. The molecule has 0 radical (unpaired) electrons.